The lowest BCUT2D eigenvalue weighted by Gasteiger charge is -2.15. The van der Waals surface area contributed by atoms with Crippen LogP contribution >= 0.6 is 11.8 Å². The van der Waals surface area contributed by atoms with E-state index in [4.69, 9.17) is 5.73 Å². The summed E-state index contributed by atoms with van der Waals surface area (Å²) in [6, 6.07) is 6.20. The largest absolute Gasteiger partial charge is 0.365 e. The predicted octanol–water partition coefficient (Wildman–Crippen LogP) is 1.52. The summed E-state index contributed by atoms with van der Waals surface area (Å²) < 4.78 is 25.1. The Labute approximate surface area is 149 Å². The average Bonchev–Trinajstić information content (AvgIpc) is 2.54. The summed E-state index contributed by atoms with van der Waals surface area (Å²) in [6.07, 6.45) is 1.70. The van der Waals surface area contributed by atoms with Crippen molar-refractivity contribution in [3.8, 4) is 0 Å². The summed E-state index contributed by atoms with van der Waals surface area (Å²) in [4.78, 5) is 30.3. The molecule has 0 aliphatic rings. The van der Waals surface area contributed by atoms with Gasteiger partial charge in [-0.25, -0.2) is 13.4 Å². The van der Waals surface area contributed by atoms with Crippen LogP contribution in [0.25, 0.3) is 0 Å². The van der Waals surface area contributed by atoms with Crippen molar-refractivity contribution in [1.82, 2.24) is 9.97 Å². The van der Waals surface area contributed by atoms with Crippen molar-refractivity contribution in [2.75, 3.05) is 11.6 Å². The van der Waals surface area contributed by atoms with Gasteiger partial charge in [-0.05, 0) is 32.2 Å². The number of H-pyrrole nitrogens is 1. The maximum atomic E-state index is 12.5. The molecule has 0 unspecified atom stereocenters. The van der Waals surface area contributed by atoms with Crippen LogP contribution in [0.1, 0.15) is 24.2 Å². The van der Waals surface area contributed by atoms with Gasteiger partial charge in [0.1, 0.15) is 5.56 Å². The number of aromatic nitrogens is 2. The second-order valence-corrected chi connectivity index (χ2v) is 8.65. The van der Waals surface area contributed by atoms with Gasteiger partial charge in [-0.2, -0.15) is 0 Å². The lowest BCUT2D eigenvalue weighted by Crippen LogP contribution is -2.27. The van der Waals surface area contributed by atoms with Gasteiger partial charge in [-0.3, -0.25) is 9.59 Å². The van der Waals surface area contributed by atoms with Crippen molar-refractivity contribution < 1.29 is 13.2 Å². The number of rotatable bonds is 6. The van der Waals surface area contributed by atoms with E-state index in [1.54, 1.807) is 32.2 Å². The first-order valence-corrected chi connectivity index (χ1v) is 10.0. The smallest absolute Gasteiger partial charge is 0.266 e. The molecular formula is C15H18N4O4S2. The second-order valence-electron chi connectivity index (χ2n) is 5.38. The Kier molecular flexibility index (Phi) is 5.53. The van der Waals surface area contributed by atoms with E-state index in [0.717, 1.165) is 0 Å². The summed E-state index contributed by atoms with van der Waals surface area (Å²) in [5.41, 5.74) is 4.42. The second kappa shape index (κ2) is 7.28. The van der Waals surface area contributed by atoms with E-state index in [9.17, 15) is 18.0 Å². The van der Waals surface area contributed by atoms with Gasteiger partial charge in [-0.1, -0.05) is 23.9 Å². The van der Waals surface area contributed by atoms with Crippen LogP contribution in [0.2, 0.25) is 0 Å². The Bertz CT molecular complexity index is 968. The molecule has 0 spiro atoms. The zero-order chi connectivity index (χ0) is 18.8. The number of sulfone groups is 1. The fourth-order valence-electron chi connectivity index (χ4n) is 2.07. The zero-order valence-corrected chi connectivity index (χ0v) is 15.5. The minimum Gasteiger partial charge on any atom is -0.365 e. The molecule has 25 heavy (non-hydrogen) atoms. The number of nitrogens with zero attached hydrogens (tertiary/aromatic N) is 1. The van der Waals surface area contributed by atoms with Crippen molar-refractivity contribution in [2.45, 2.75) is 29.1 Å². The molecule has 0 fully saturated rings. The third-order valence-corrected chi connectivity index (χ3v) is 6.19. The first-order chi connectivity index (χ1) is 11.7. The number of hydrogen-bond acceptors (Lipinski definition) is 7. The van der Waals surface area contributed by atoms with Crippen LogP contribution in [0.3, 0.4) is 0 Å². The Morgan fingerprint density at radius 2 is 1.96 bits per heavy atom. The number of hydrogen-bond donors (Lipinski definition) is 3. The quantitative estimate of drug-likeness (QED) is 0.509. The Hall–Kier alpha value is -2.33. The minimum absolute atomic E-state index is 0.0493. The van der Waals surface area contributed by atoms with Crippen molar-refractivity contribution in [1.29, 1.82) is 0 Å². The number of aromatic amines is 1. The highest BCUT2D eigenvalue weighted by atomic mass is 32.2. The van der Waals surface area contributed by atoms with E-state index in [1.165, 1.54) is 23.9 Å². The molecule has 8 nitrogen and oxygen atoms in total. The summed E-state index contributed by atoms with van der Waals surface area (Å²) >= 11 is 1.17. The molecule has 2 aromatic rings. The molecule has 0 aliphatic carbocycles. The summed E-state index contributed by atoms with van der Waals surface area (Å²) in [6.45, 7) is 3.14. The lowest BCUT2D eigenvalue weighted by molar-refractivity contribution is 0.0999. The molecule has 1 aromatic carbocycles. The van der Waals surface area contributed by atoms with E-state index in [2.05, 4.69) is 15.3 Å². The SMILES string of the molecule is CSc1nc(Nc2ccccc2S(=O)(=O)C(C)C)c(C(N)=O)c(=O)[nH]1. The molecule has 0 saturated carbocycles. The summed E-state index contributed by atoms with van der Waals surface area (Å²) in [7, 11) is -3.58. The van der Waals surface area contributed by atoms with Crippen LogP contribution in [-0.2, 0) is 9.84 Å². The number of nitrogens with two attached hydrogens (primary N) is 1. The number of carbonyl (C=O) groups is 1. The van der Waals surface area contributed by atoms with E-state index in [1.807, 2.05) is 0 Å². The van der Waals surface area contributed by atoms with Gasteiger partial charge in [0, 0.05) is 0 Å². The van der Waals surface area contributed by atoms with E-state index < -0.39 is 26.6 Å². The standard InChI is InChI=1S/C15H18N4O4S2/c1-8(2)25(22,23)10-7-5-4-6-9(10)17-13-11(12(16)20)14(21)19-15(18-13)24-3/h4-8H,1-3H3,(H2,16,20)(H2,17,18,19,21). The average molecular weight is 382 g/mol. The predicted molar refractivity (Wildman–Crippen MR) is 97.2 cm³/mol. The number of para-hydroxylation sites is 1. The number of carbonyl (C=O) groups excluding carboxylic acids is 1. The number of thioether (sulfide) groups is 1. The van der Waals surface area contributed by atoms with Gasteiger partial charge in [-0.15, -0.1) is 0 Å². The van der Waals surface area contributed by atoms with Crippen LogP contribution in [0.15, 0.2) is 39.1 Å². The molecule has 0 radical (unpaired) electrons. The zero-order valence-electron chi connectivity index (χ0n) is 13.9. The van der Waals surface area contributed by atoms with Gasteiger partial charge in [0.25, 0.3) is 11.5 Å². The summed E-state index contributed by atoms with van der Waals surface area (Å²) in [5.74, 6) is -1.06. The Morgan fingerprint density at radius 1 is 1.32 bits per heavy atom. The maximum absolute atomic E-state index is 12.5. The highest BCUT2D eigenvalue weighted by Crippen LogP contribution is 2.28. The molecule has 0 bridgehead atoms. The van der Waals surface area contributed by atoms with Crippen molar-refractivity contribution in [2.24, 2.45) is 5.73 Å². The number of benzene rings is 1. The van der Waals surface area contributed by atoms with Gasteiger partial charge in [0.15, 0.2) is 20.8 Å². The monoisotopic (exact) mass is 382 g/mol. The van der Waals surface area contributed by atoms with Gasteiger partial charge >= 0.3 is 0 Å². The van der Waals surface area contributed by atoms with Crippen molar-refractivity contribution in [3.63, 3.8) is 0 Å². The lowest BCUT2D eigenvalue weighted by atomic mass is 10.2. The highest BCUT2D eigenvalue weighted by Gasteiger charge is 2.24. The van der Waals surface area contributed by atoms with E-state index in [-0.39, 0.29) is 27.1 Å². The van der Waals surface area contributed by atoms with Crippen LogP contribution in [0.4, 0.5) is 11.5 Å². The molecule has 0 aliphatic heterocycles. The fraction of sp³-hybridized carbons (Fsp3) is 0.267. The van der Waals surface area contributed by atoms with Gasteiger partial charge in [0.05, 0.1) is 15.8 Å². The van der Waals surface area contributed by atoms with E-state index >= 15 is 0 Å². The third kappa shape index (κ3) is 3.85. The molecule has 1 amide bonds. The number of primary amides is 1. The Balaban J connectivity index is 2.64. The molecule has 1 heterocycles. The van der Waals surface area contributed by atoms with Crippen molar-refractivity contribution in [3.05, 3.63) is 40.2 Å². The highest BCUT2D eigenvalue weighted by molar-refractivity contribution is 7.98. The first kappa shape index (κ1) is 19.0. The Morgan fingerprint density at radius 3 is 2.52 bits per heavy atom. The molecule has 1 aromatic heterocycles. The molecule has 0 saturated heterocycles. The number of amides is 1. The minimum atomic E-state index is -3.58. The maximum Gasteiger partial charge on any atom is 0.266 e. The molecule has 4 N–H and O–H groups in total. The molecule has 10 heteroatoms. The van der Waals surface area contributed by atoms with Crippen LogP contribution in [0.5, 0.6) is 0 Å². The molecule has 0 atom stereocenters. The third-order valence-electron chi connectivity index (χ3n) is 3.40. The first-order valence-electron chi connectivity index (χ1n) is 7.26. The van der Waals surface area contributed by atoms with Gasteiger partial charge < -0.3 is 16.0 Å². The molecule has 134 valence electrons. The van der Waals surface area contributed by atoms with Crippen LogP contribution < -0.4 is 16.6 Å². The topological polar surface area (TPSA) is 135 Å². The van der Waals surface area contributed by atoms with Gasteiger partial charge in [0.2, 0.25) is 0 Å². The van der Waals surface area contributed by atoms with Crippen LogP contribution in [0, 0.1) is 0 Å². The van der Waals surface area contributed by atoms with E-state index in [0.29, 0.717) is 0 Å². The number of nitrogens with one attached hydrogen (secondary N) is 2. The normalized spacial score (nSPS) is 11.5. The summed E-state index contributed by atoms with van der Waals surface area (Å²) in [5, 5.41) is 2.40. The van der Waals surface area contributed by atoms with Crippen molar-refractivity contribution >= 4 is 39.0 Å². The van der Waals surface area contributed by atoms with Crippen LogP contribution in [-0.4, -0.2) is 35.8 Å². The molecular weight excluding hydrogens is 364 g/mol. The fourth-order valence-corrected chi connectivity index (χ4v) is 3.65. The molecule has 2 rings (SSSR count). The number of anilines is 2.